The van der Waals surface area contributed by atoms with Gasteiger partial charge in [0.1, 0.15) is 0 Å². The second-order valence-electron chi connectivity index (χ2n) is 6.67. The fourth-order valence-electron chi connectivity index (χ4n) is 3.58. The SMILES string of the molecule is CC(=O)N1CCc2ccccc2C1CN(C)CCc1ccccc1. The fraction of sp³-hybridized carbons (Fsp3) is 0.381. The van der Waals surface area contributed by atoms with Crippen LogP contribution in [0.25, 0.3) is 0 Å². The molecule has 3 rings (SSSR count). The lowest BCUT2D eigenvalue weighted by atomic mass is 9.92. The third kappa shape index (κ3) is 3.85. The van der Waals surface area contributed by atoms with E-state index in [1.165, 1.54) is 16.7 Å². The van der Waals surface area contributed by atoms with E-state index in [9.17, 15) is 4.79 Å². The van der Waals surface area contributed by atoms with Gasteiger partial charge in [-0.15, -0.1) is 0 Å². The topological polar surface area (TPSA) is 23.6 Å². The van der Waals surface area contributed by atoms with Crippen molar-refractivity contribution in [1.82, 2.24) is 9.80 Å². The molecule has 3 nitrogen and oxygen atoms in total. The van der Waals surface area contributed by atoms with Crippen LogP contribution in [0.2, 0.25) is 0 Å². The summed E-state index contributed by atoms with van der Waals surface area (Å²) >= 11 is 0. The van der Waals surface area contributed by atoms with Gasteiger partial charge in [-0.2, -0.15) is 0 Å². The normalized spacial score (nSPS) is 17.0. The highest BCUT2D eigenvalue weighted by molar-refractivity contribution is 5.74. The van der Waals surface area contributed by atoms with Crippen molar-refractivity contribution in [3.63, 3.8) is 0 Å². The minimum Gasteiger partial charge on any atom is -0.334 e. The van der Waals surface area contributed by atoms with Gasteiger partial charge in [0.25, 0.3) is 0 Å². The Morgan fingerprint density at radius 3 is 2.58 bits per heavy atom. The number of benzene rings is 2. The summed E-state index contributed by atoms with van der Waals surface area (Å²) in [5.74, 6) is 0.172. The summed E-state index contributed by atoms with van der Waals surface area (Å²) < 4.78 is 0. The van der Waals surface area contributed by atoms with E-state index >= 15 is 0 Å². The molecule has 2 aromatic carbocycles. The van der Waals surface area contributed by atoms with Crippen LogP contribution in [-0.4, -0.2) is 42.4 Å². The Balaban J connectivity index is 1.70. The Hall–Kier alpha value is -2.13. The van der Waals surface area contributed by atoms with Gasteiger partial charge in [0, 0.05) is 26.6 Å². The molecule has 0 fully saturated rings. The van der Waals surface area contributed by atoms with Crippen LogP contribution in [0.15, 0.2) is 54.6 Å². The average Bonchev–Trinajstić information content (AvgIpc) is 2.61. The predicted octanol–water partition coefficient (Wildman–Crippen LogP) is 3.31. The van der Waals surface area contributed by atoms with Crippen molar-refractivity contribution in [2.75, 3.05) is 26.7 Å². The Morgan fingerprint density at radius 1 is 1.12 bits per heavy atom. The molecule has 1 aliphatic rings. The summed E-state index contributed by atoms with van der Waals surface area (Å²) in [5.41, 5.74) is 4.05. The second-order valence-corrected chi connectivity index (χ2v) is 6.67. The van der Waals surface area contributed by atoms with Crippen LogP contribution in [0, 0.1) is 0 Å². The van der Waals surface area contributed by atoms with Gasteiger partial charge in [-0.05, 0) is 36.6 Å². The lowest BCUT2D eigenvalue weighted by molar-refractivity contribution is -0.132. The molecule has 0 N–H and O–H groups in total. The van der Waals surface area contributed by atoms with Crippen LogP contribution in [-0.2, 0) is 17.6 Å². The quantitative estimate of drug-likeness (QED) is 0.843. The van der Waals surface area contributed by atoms with E-state index in [4.69, 9.17) is 0 Å². The van der Waals surface area contributed by atoms with Crippen molar-refractivity contribution in [2.24, 2.45) is 0 Å². The van der Waals surface area contributed by atoms with Crippen molar-refractivity contribution < 1.29 is 4.79 Å². The number of carbonyl (C=O) groups excluding carboxylic acids is 1. The monoisotopic (exact) mass is 322 g/mol. The number of rotatable bonds is 5. The minimum atomic E-state index is 0.160. The van der Waals surface area contributed by atoms with Crippen molar-refractivity contribution in [1.29, 1.82) is 0 Å². The van der Waals surface area contributed by atoms with Crippen molar-refractivity contribution >= 4 is 5.91 Å². The van der Waals surface area contributed by atoms with Gasteiger partial charge in [0.15, 0.2) is 0 Å². The van der Waals surface area contributed by atoms with Crippen molar-refractivity contribution in [3.8, 4) is 0 Å². The first-order valence-electron chi connectivity index (χ1n) is 8.72. The molecule has 1 heterocycles. The number of nitrogens with zero attached hydrogens (tertiary/aromatic N) is 2. The molecule has 0 saturated carbocycles. The molecule has 0 aliphatic carbocycles. The van der Waals surface area contributed by atoms with E-state index in [1.807, 2.05) is 4.90 Å². The maximum absolute atomic E-state index is 12.1. The van der Waals surface area contributed by atoms with Crippen LogP contribution in [0.3, 0.4) is 0 Å². The van der Waals surface area contributed by atoms with Gasteiger partial charge in [-0.3, -0.25) is 4.79 Å². The van der Waals surface area contributed by atoms with Crippen LogP contribution in [0.5, 0.6) is 0 Å². The highest BCUT2D eigenvalue weighted by Gasteiger charge is 2.29. The van der Waals surface area contributed by atoms with Crippen molar-refractivity contribution in [2.45, 2.75) is 25.8 Å². The predicted molar refractivity (Wildman–Crippen MR) is 97.9 cm³/mol. The van der Waals surface area contributed by atoms with Gasteiger partial charge in [-0.25, -0.2) is 0 Å². The Bertz CT molecular complexity index is 683. The molecule has 0 radical (unpaired) electrons. The number of hydrogen-bond donors (Lipinski definition) is 0. The molecule has 0 aromatic heterocycles. The average molecular weight is 322 g/mol. The standard InChI is InChI=1S/C21H26N2O/c1-17(24)23-15-13-19-10-6-7-11-20(19)21(23)16-22(2)14-12-18-8-4-3-5-9-18/h3-11,21H,12-16H2,1-2H3. The Kier molecular flexibility index (Phi) is 5.31. The lowest BCUT2D eigenvalue weighted by Crippen LogP contribution is -2.43. The zero-order valence-corrected chi connectivity index (χ0v) is 14.6. The second kappa shape index (κ2) is 7.63. The van der Waals surface area contributed by atoms with E-state index in [2.05, 4.69) is 66.5 Å². The Labute approximate surface area is 144 Å². The molecule has 3 heteroatoms. The minimum absolute atomic E-state index is 0.160. The summed E-state index contributed by atoms with van der Waals surface area (Å²) in [5, 5.41) is 0. The lowest BCUT2D eigenvalue weighted by Gasteiger charge is -2.39. The molecule has 1 aliphatic heterocycles. The molecule has 1 amide bonds. The maximum Gasteiger partial charge on any atom is 0.220 e. The molecular weight excluding hydrogens is 296 g/mol. The molecule has 1 atom stereocenters. The van der Waals surface area contributed by atoms with E-state index in [1.54, 1.807) is 6.92 Å². The third-order valence-electron chi connectivity index (χ3n) is 4.93. The summed E-state index contributed by atoms with van der Waals surface area (Å²) in [4.78, 5) is 16.5. The third-order valence-corrected chi connectivity index (χ3v) is 4.93. The van der Waals surface area contributed by atoms with Gasteiger partial charge >= 0.3 is 0 Å². The van der Waals surface area contributed by atoms with Crippen LogP contribution < -0.4 is 0 Å². The number of amides is 1. The van der Waals surface area contributed by atoms with Crippen LogP contribution >= 0.6 is 0 Å². The summed E-state index contributed by atoms with van der Waals surface area (Å²) in [6.07, 6.45) is 1.99. The van der Waals surface area contributed by atoms with Gasteiger partial charge in [0.05, 0.1) is 6.04 Å². The van der Waals surface area contributed by atoms with E-state index < -0.39 is 0 Å². The summed E-state index contributed by atoms with van der Waals surface area (Å²) in [7, 11) is 2.15. The van der Waals surface area contributed by atoms with Gasteiger partial charge < -0.3 is 9.80 Å². The van der Waals surface area contributed by atoms with E-state index in [-0.39, 0.29) is 11.9 Å². The van der Waals surface area contributed by atoms with Gasteiger partial charge in [-0.1, -0.05) is 54.6 Å². The van der Waals surface area contributed by atoms with Gasteiger partial charge in [0.2, 0.25) is 5.91 Å². The first-order valence-corrected chi connectivity index (χ1v) is 8.72. The number of likely N-dealkylation sites (N-methyl/N-ethyl adjacent to an activating group) is 1. The summed E-state index contributed by atoms with van der Waals surface area (Å²) in [6.45, 7) is 4.38. The van der Waals surface area contributed by atoms with Crippen LogP contribution in [0.1, 0.15) is 29.7 Å². The molecule has 126 valence electrons. The summed E-state index contributed by atoms with van der Waals surface area (Å²) in [6, 6.07) is 19.3. The van der Waals surface area contributed by atoms with E-state index in [0.29, 0.717) is 0 Å². The number of fused-ring (bicyclic) bond motifs is 1. The molecule has 0 spiro atoms. The van der Waals surface area contributed by atoms with Crippen molar-refractivity contribution in [3.05, 3.63) is 71.3 Å². The first-order chi connectivity index (χ1) is 11.6. The maximum atomic E-state index is 12.1. The fourth-order valence-corrected chi connectivity index (χ4v) is 3.58. The molecule has 0 saturated heterocycles. The van der Waals surface area contributed by atoms with Crippen LogP contribution in [0.4, 0.5) is 0 Å². The molecular formula is C21H26N2O. The molecule has 1 unspecified atom stereocenters. The molecule has 24 heavy (non-hydrogen) atoms. The Morgan fingerprint density at radius 2 is 1.83 bits per heavy atom. The molecule has 2 aromatic rings. The zero-order chi connectivity index (χ0) is 16.9. The highest BCUT2D eigenvalue weighted by atomic mass is 16.2. The molecule has 0 bridgehead atoms. The number of carbonyl (C=O) groups is 1. The highest BCUT2D eigenvalue weighted by Crippen LogP contribution is 2.30. The largest absolute Gasteiger partial charge is 0.334 e. The number of hydrogen-bond acceptors (Lipinski definition) is 2. The zero-order valence-electron chi connectivity index (χ0n) is 14.6. The van der Waals surface area contributed by atoms with E-state index in [0.717, 1.165) is 32.5 Å². The smallest absolute Gasteiger partial charge is 0.220 e. The first kappa shape index (κ1) is 16.7.